The molecule has 88 valence electrons. The van der Waals surface area contributed by atoms with Gasteiger partial charge in [-0.25, -0.2) is 0 Å². The molecular formula is C11H17N3O2. The first kappa shape index (κ1) is 11.4. The van der Waals surface area contributed by atoms with Crippen LogP contribution in [0.25, 0.3) is 0 Å². The van der Waals surface area contributed by atoms with E-state index in [4.69, 9.17) is 10.00 Å². The molecule has 0 aromatic carbocycles. The molecule has 2 heterocycles. The summed E-state index contributed by atoms with van der Waals surface area (Å²) in [5.74, 6) is 0.633. The Kier molecular flexibility index (Phi) is 3.75. The fraction of sp³-hybridized carbons (Fsp3) is 0.818. The summed E-state index contributed by atoms with van der Waals surface area (Å²) in [4.78, 5) is 13.7. The van der Waals surface area contributed by atoms with Crippen LogP contribution < -0.4 is 5.32 Å². The summed E-state index contributed by atoms with van der Waals surface area (Å²) in [6, 6.07) is 2.05. The number of morpholine rings is 1. The van der Waals surface area contributed by atoms with Crippen molar-refractivity contribution < 1.29 is 9.53 Å². The lowest BCUT2D eigenvalue weighted by Crippen LogP contribution is -2.45. The maximum atomic E-state index is 11.9. The highest BCUT2D eigenvalue weighted by Crippen LogP contribution is 2.15. The minimum Gasteiger partial charge on any atom is -0.360 e. The Morgan fingerprint density at radius 2 is 2.50 bits per heavy atom. The Morgan fingerprint density at radius 1 is 1.62 bits per heavy atom. The fourth-order valence-electron chi connectivity index (χ4n) is 2.22. The number of hydrogen-bond acceptors (Lipinski definition) is 4. The van der Waals surface area contributed by atoms with Gasteiger partial charge in [-0.3, -0.25) is 4.79 Å². The zero-order chi connectivity index (χ0) is 11.4. The Morgan fingerprint density at radius 3 is 3.19 bits per heavy atom. The van der Waals surface area contributed by atoms with E-state index in [1.54, 1.807) is 4.90 Å². The van der Waals surface area contributed by atoms with Gasteiger partial charge in [0.05, 0.1) is 19.2 Å². The number of nitrogens with zero attached hydrogens (tertiary/aromatic N) is 2. The van der Waals surface area contributed by atoms with Gasteiger partial charge in [0, 0.05) is 13.0 Å². The van der Waals surface area contributed by atoms with Crippen LogP contribution >= 0.6 is 0 Å². The zero-order valence-electron chi connectivity index (χ0n) is 9.32. The standard InChI is InChI=1S/C11H17N3O2/c12-6-10-8-14(3-4-16-10)11(15)5-9-1-2-13-7-9/h9-10,13H,1-5,7-8H2. The monoisotopic (exact) mass is 223 g/mol. The normalized spacial score (nSPS) is 30.1. The van der Waals surface area contributed by atoms with Crippen molar-refractivity contribution in [3.05, 3.63) is 0 Å². The van der Waals surface area contributed by atoms with Gasteiger partial charge in [0.15, 0.2) is 6.10 Å². The predicted octanol–water partition coefficient (Wildman–Crippen LogP) is -0.263. The molecule has 5 nitrogen and oxygen atoms in total. The van der Waals surface area contributed by atoms with Crippen LogP contribution in [0.1, 0.15) is 12.8 Å². The molecule has 0 bridgehead atoms. The molecular weight excluding hydrogens is 206 g/mol. The first-order valence-corrected chi connectivity index (χ1v) is 5.79. The molecule has 1 N–H and O–H groups in total. The average molecular weight is 223 g/mol. The summed E-state index contributed by atoms with van der Waals surface area (Å²) in [7, 11) is 0. The number of nitrogens with one attached hydrogen (secondary N) is 1. The second-order valence-electron chi connectivity index (χ2n) is 4.39. The minimum atomic E-state index is -0.445. The number of carbonyl (C=O) groups excluding carboxylic acids is 1. The largest absolute Gasteiger partial charge is 0.360 e. The molecule has 2 aliphatic rings. The van der Waals surface area contributed by atoms with Crippen LogP contribution in [0.15, 0.2) is 0 Å². The lowest BCUT2D eigenvalue weighted by molar-refractivity contribution is -0.137. The molecule has 0 spiro atoms. The van der Waals surface area contributed by atoms with Gasteiger partial charge < -0.3 is 15.0 Å². The number of carbonyl (C=O) groups is 1. The highest BCUT2D eigenvalue weighted by atomic mass is 16.5. The van der Waals surface area contributed by atoms with Gasteiger partial charge in [0.25, 0.3) is 0 Å². The molecule has 0 radical (unpaired) electrons. The summed E-state index contributed by atoms with van der Waals surface area (Å²) < 4.78 is 5.21. The van der Waals surface area contributed by atoms with Crippen LogP contribution in [-0.2, 0) is 9.53 Å². The van der Waals surface area contributed by atoms with Crippen molar-refractivity contribution in [3.8, 4) is 6.07 Å². The summed E-state index contributed by atoms with van der Waals surface area (Å²) in [6.07, 6.45) is 1.24. The van der Waals surface area contributed by atoms with E-state index in [0.29, 0.717) is 32.0 Å². The molecule has 16 heavy (non-hydrogen) atoms. The van der Waals surface area contributed by atoms with Gasteiger partial charge in [0.1, 0.15) is 0 Å². The SMILES string of the molecule is N#CC1CN(C(=O)CC2CCNC2)CCO1. The minimum absolute atomic E-state index is 0.164. The third-order valence-electron chi connectivity index (χ3n) is 3.19. The van der Waals surface area contributed by atoms with E-state index in [-0.39, 0.29) is 5.91 Å². The van der Waals surface area contributed by atoms with Crippen LogP contribution in [-0.4, -0.2) is 49.7 Å². The maximum Gasteiger partial charge on any atom is 0.223 e. The molecule has 0 aliphatic carbocycles. The summed E-state index contributed by atoms with van der Waals surface area (Å²) in [5.41, 5.74) is 0. The lowest BCUT2D eigenvalue weighted by Gasteiger charge is -2.30. The number of hydrogen-bond donors (Lipinski definition) is 1. The van der Waals surface area contributed by atoms with Gasteiger partial charge in [-0.05, 0) is 25.4 Å². The highest BCUT2D eigenvalue weighted by molar-refractivity contribution is 5.76. The van der Waals surface area contributed by atoms with Crippen LogP contribution in [0.4, 0.5) is 0 Å². The fourth-order valence-corrected chi connectivity index (χ4v) is 2.22. The molecule has 2 saturated heterocycles. The van der Waals surface area contributed by atoms with E-state index in [1.165, 1.54) is 0 Å². The van der Waals surface area contributed by atoms with E-state index in [1.807, 2.05) is 0 Å². The second kappa shape index (κ2) is 5.28. The molecule has 2 unspecified atom stereocenters. The molecule has 2 atom stereocenters. The first-order valence-electron chi connectivity index (χ1n) is 5.79. The molecule has 1 amide bonds. The van der Waals surface area contributed by atoms with Crippen molar-refractivity contribution in [2.75, 3.05) is 32.8 Å². The smallest absolute Gasteiger partial charge is 0.223 e. The molecule has 2 rings (SSSR count). The molecule has 0 saturated carbocycles. The van der Waals surface area contributed by atoms with Crippen molar-refractivity contribution in [2.45, 2.75) is 18.9 Å². The summed E-state index contributed by atoms with van der Waals surface area (Å²) in [6.45, 7) is 3.49. The quantitative estimate of drug-likeness (QED) is 0.700. The topological polar surface area (TPSA) is 65.4 Å². The van der Waals surface area contributed by atoms with Crippen molar-refractivity contribution in [3.63, 3.8) is 0 Å². The third-order valence-corrected chi connectivity index (χ3v) is 3.19. The van der Waals surface area contributed by atoms with E-state index in [9.17, 15) is 4.79 Å². The van der Waals surface area contributed by atoms with Crippen molar-refractivity contribution in [1.29, 1.82) is 5.26 Å². The van der Waals surface area contributed by atoms with E-state index >= 15 is 0 Å². The Labute approximate surface area is 95.4 Å². The van der Waals surface area contributed by atoms with Crippen LogP contribution in [0.5, 0.6) is 0 Å². The van der Waals surface area contributed by atoms with Crippen LogP contribution in [0.2, 0.25) is 0 Å². The molecule has 0 aromatic heterocycles. The van der Waals surface area contributed by atoms with Crippen LogP contribution in [0.3, 0.4) is 0 Å². The first-order chi connectivity index (χ1) is 7.79. The van der Waals surface area contributed by atoms with Gasteiger partial charge >= 0.3 is 0 Å². The summed E-state index contributed by atoms with van der Waals surface area (Å²) >= 11 is 0. The second-order valence-corrected chi connectivity index (χ2v) is 4.39. The average Bonchev–Trinajstić information content (AvgIpc) is 2.82. The number of ether oxygens (including phenoxy) is 1. The Bertz CT molecular complexity index is 294. The van der Waals surface area contributed by atoms with E-state index in [0.717, 1.165) is 19.5 Å². The molecule has 2 fully saturated rings. The van der Waals surface area contributed by atoms with Gasteiger partial charge in [-0.1, -0.05) is 0 Å². The van der Waals surface area contributed by atoms with Gasteiger partial charge in [-0.2, -0.15) is 5.26 Å². The number of amides is 1. The van der Waals surface area contributed by atoms with Crippen LogP contribution in [0, 0.1) is 17.2 Å². The highest BCUT2D eigenvalue weighted by Gasteiger charge is 2.26. The van der Waals surface area contributed by atoms with E-state index < -0.39 is 6.10 Å². The Balaban J connectivity index is 1.81. The zero-order valence-corrected chi connectivity index (χ0v) is 9.32. The van der Waals surface area contributed by atoms with E-state index in [2.05, 4.69) is 11.4 Å². The third kappa shape index (κ3) is 2.71. The lowest BCUT2D eigenvalue weighted by atomic mass is 10.0. The number of rotatable bonds is 2. The molecule has 2 aliphatic heterocycles. The Hall–Kier alpha value is -1.12. The maximum absolute atomic E-state index is 11.9. The molecule has 5 heteroatoms. The summed E-state index contributed by atoms with van der Waals surface area (Å²) in [5, 5.41) is 12.0. The van der Waals surface area contributed by atoms with Crippen molar-refractivity contribution in [2.24, 2.45) is 5.92 Å². The molecule has 0 aromatic rings. The van der Waals surface area contributed by atoms with Crippen molar-refractivity contribution >= 4 is 5.91 Å². The van der Waals surface area contributed by atoms with Crippen molar-refractivity contribution in [1.82, 2.24) is 10.2 Å². The van der Waals surface area contributed by atoms with Gasteiger partial charge in [-0.15, -0.1) is 0 Å². The number of nitriles is 1. The predicted molar refractivity (Wildman–Crippen MR) is 57.5 cm³/mol. The van der Waals surface area contributed by atoms with Gasteiger partial charge in [0.2, 0.25) is 5.91 Å².